The zero-order chi connectivity index (χ0) is 16.1. The predicted octanol–water partition coefficient (Wildman–Crippen LogP) is 3.08. The first-order valence-corrected chi connectivity index (χ1v) is 8.35. The summed E-state index contributed by atoms with van der Waals surface area (Å²) in [6, 6.07) is 3.99. The Hall–Kier alpha value is -1.43. The third kappa shape index (κ3) is 1.79. The summed E-state index contributed by atoms with van der Waals surface area (Å²) >= 11 is 3.62. The fourth-order valence-corrected chi connectivity index (χ4v) is 4.92. The summed E-state index contributed by atoms with van der Waals surface area (Å²) < 4.78 is 16.5. The van der Waals surface area contributed by atoms with Gasteiger partial charge in [0.05, 0.1) is 14.2 Å². The molecule has 0 saturated carbocycles. The number of rotatable bonds is 3. The van der Waals surface area contributed by atoms with Crippen LogP contribution in [0.25, 0.3) is 0 Å². The summed E-state index contributed by atoms with van der Waals surface area (Å²) in [6.45, 7) is 4.55. The quantitative estimate of drug-likeness (QED) is 0.768. The molecule has 3 rings (SSSR count). The first-order valence-electron chi connectivity index (χ1n) is 7.23. The van der Waals surface area contributed by atoms with E-state index in [9.17, 15) is 4.79 Å². The molecule has 22 heavy (non-hydrogen) atoms. The number of ether oxygens (including phenoxy) is 3. The van der Waals surface area contributed by atoms with Crippen LogP contribution in [0.4, 0.5) is 4.79 Å². The molecule has 0 radical (unpaired) electrons. The predicted molar refractivity (Wildman–Crippen MR) is 86.0 cm³/mol. The largest absolute Gasteiger partial charge is 0.493 e. The van der Waals surface area contributed by atoms with Crippen molar-refractivity contribution in [1.82, 2.24) is 4.90 Å². The van der Waals surface area contributed by atoms with Crippen molar-refractivity contribution in [2.75, 3.05) is 26.1 Å². The summed E-state index contributed by atoms with van der Waals surface area (Å²) in [5.41, 5.74) is 1.04. The molecule has 0 spiro atoms. The second-order valence-corrected chi connectivity index (χ2v) is 6.70. The Kier molecular flexibility index (Phi) is 3.55. The van der Waals surface area contributed by atoms with Gasteiger partial charge in [-0.1, -0.05) is 15.9 Å². The van der Waals surface area contributed by atoms with Crippen molar-refractivity contribution in [1.29, 1.82) is 0 Å². The van der Waals surface area contributed by atoms with E-state index < -0.39 is 11.1 Å². The topological polar surface area (TPSA) is 48.0 Å². The van der Waals surface area contributed by atoms with E-state index in [1.165, 1.54) is 5.56 Å². The van der Waals surface area contributed by atoms with Gasteiger partial charge in [0.1, 0.15) is 11.1 Å². The van der Waals surface area contributed by atoms with Crippen molar-refractivity contribution in [3.63, 3.8) is 0 Å². The van der Waals surface area contributed by atoms with Crippen LogP contribution < -0.4 is 9.47 Å². The van der Waals surface area contributed by atoms with E-state index in [0.717, 1.165) is 12.0 Å². The Morgan fingerprint density at radius 2 is 1.91 bits per heavy atom. The third-order valence-electron chi connectivity index (χ3n) is 4.87. The van der Waals surface area contributed by atoms with E-state index in [1.54, 1.807) is 14.2 Å². The average Bonchev–Trinajstić information content (AvgIpc) is 2.71. The molecular weight excluding hydrogens is 350 g/mol. The fraction of sp³-hybridized carbons (Fsp3) is 0.562. The molecule has 6 heteroatoms. The molecule has 1 aromatic carbocycles. The van der Waals surface area contributed by atoms with Crippen molar-refractivity contribution >= 4 is 22.0 Å². The van der Waals surface area contributed by atoms with Crippen LogP contribution in [0.1, 0.15) is 25.0 Å². The van der Waals surface area contributed by atoms with Gasteiger partial charge in [-0.2, -0.15) is 0 Å². The maximum absolute atomic E-state index is 12.3. The number of hydrogen-bond donors (Lipinski definition) is 0. The van der Waals surface area contributed by atoms with Gasteiger partial charge in [0.2, 0.25) is 0 Å². The van der Waals surface area contributed by atoms with E-state index in [4.69, 9.17) is 14.2 Å². The summed E-state index contributed by atoms with van der Waals surface area (Å²) in [5, 5.41) is 0.598. The van der Waals surface area contributed by atoms with Crippen molar-refractivity contribution in [3.05, 3.63) is 23.3 Å². The molecule has 1 fully saturated rings. The molecule has 1 aromatic rings. The average molecular weight is 370 g/mol. The van der Waals surface area contributed by atoms with E-state index in [-0.39, 0.29) is 6.09 Å². The van der Waals surface area contributed by atoms with Gasteiger partial charge >= 0.3 is 6.09 Å². The molecule has 1 saturated heterocycles. The van der Waals surface area contributed by atoms with E-state index >= 15 is 0 Å². The Bertz CT molecular complexity index is 631. The highest BCUT2D eigenvalue weighted by atomic mass is 79.9. The van der Waals surface area contributed by atoms with Gasteiger partial charge in [-0.05, 0) is 43.5 Å². The van der Waals surface area contributed by atoms with Gasteiger partial charge < -0.3 is 14.2 Å². The Morgan fingerprint density at radius 3 is 2.50 bits per heavy atom. The maximum atomic E-state index is 12.3. The lowest BCUT2D eigenvalue weighted by molar-refractivity contribution is 0.0226. The van der Waals surface area contributed by atoms with Crippen LogP contribution in [0.3, 0.4) is 0 Å². The summed E-state index contributed by atoms with van der Waals surface area (Å²) in [6.07, 6.45) is 0.514. The third-order valence-corrected chi connectivity index (χ3v) is 5.68. The molecule has 120 valence electrons. The number of amides is 1. The van der Waals surface area contributed by atoms with Crippen LogP contribution in [0.5, 0.6) is 11.5 Å². The molecule has 0 aliphatic carbocycles. The molecular formula is C16H20BrNO4. The summed E-state index contributed by atoms with van der Waals surface area (Å²) in [4.78, 5) is 14.1. The molecule has 5 nitrogen and oxygen atoms in total. The van der Waals surface area contributed by atoms with Crippen LogP contribution in [-0.2, 0) is 16.7 Å². The van der Waals surface area contributed by atoms with Gasteiger partial charge in [0.15, 0.2) is 11.5 Å². The zero-order valence-corrected chi connectivity index (χ0v) is 14.8. The minimum absolute atomic E-state index is 0.259. The number of carbonyl (C=O) groups excluding carboxylic acids is 1. The lowest BCUT2D eigenvalue weighted by Gasteiger charge is -2.46. The SMILES string of the molecule is COc1cc2c(cc1OC)C1(CBr)N(CC2)C(=O)OC1(C)C. The van der Waals surface area contributed by atoms with Gasteiger partial charge in [0, 0.05) is 11.9 Å². The molecule has 2 aliphatic rings. The fourth-order valence-electron chi connectivity index (χ4n) is 3.64. The minimum atomic E-state index is -0.637. The standard InChI is InChI=1S/C16H20BrNO4/c1-15(2)16(9-17)11-8-13(21-4)12(20-3)7-10(11)5-6-18(16)14(19)22-15/h7-8H,5-6,9H2,1-4H3. The number of hydrogen-bond acceptors (Lipinski definition) is 4. The molecule has 0 aromatic heterocycles. The van der Waals surface area contributed by atoms with Gasteiger partial charge in [-0.25, -0.2) is 4.79 Å². The maximum Gasteiger partial charge on any atom is 0.411 e. The lowest BCUT2D eigenvalue weighted by Crippen LogP contribution is -2.57. The first-order chi connectivity index (χ1) is 10.4. The molecule has 1 amide bonds. The summed E-state index contributed by atoms with van der Waals surface area (Å²) in [7, 11) is 3.25. The number of alkyl halides is 1. The number of cyclic esters (lactones) is 1. The lowest BCUT2D eigenvalue weighted by atomic mass is 9.73. The smallest absolute Gasteiger partial charge is 0.411 e. The highest BCUT2D eigenvalue weighted by molar-refractivity contribution is 9.09. The Labute approximate surface area is 138 Å². The number of benzene rings is 1. The highest BCUT2D eigenvalue weighted by Gasteiger charge is 2.62. The van der Waals surface area contributed by atoms with Crippen LogP contribution in [-0.4, -0.2) is 42.7 Å². The van der Waals surface area contributed by atoms with Crippen LogP contribution in [0.15, 0.2) is 12.1 Å². The molecule has 1 unspecified atom stereocenters. The monoisotopic (exact) mass is 369 g/mol. The van der Waals surface area contributed by atoms with E-state index in [1.807, 2.05) is 30.9 Å². The molecule has 2 aliphatic heterocycles. The number of fused-ring (bicyclic) bond motifs is 3. The van der Waals surface area contributed by atoms with Crippen molar-refractivity contribution in [2.45, 2.75) is 31.4 Å². The van der Waals surface area contributed by atoms with Crippen molar-refractivity contribution in [2.24, 2.45) is 0 Å². The normalized spacial score (nSPS) is 25.3. The molecule has 0 bridgehead atoms. The second kappa shape index (κ2) is 5.05. The summed E-state index contributed by atoms with van der Waals surface area (Å²) in [5.74, 6) is 1.38. The van der Waals surface area contributed by atoms with Gasteiger partial charge in [0.25, 0.3) is 0 Å². The van der Waals surface area contributed by atoms with E-state index in [0.29, 0.717) is 23.4 Å². The number of carbonyl (C=O) groups is 1. The first kappa shape index (κ1) is 15.5. The highest BCUT2D eigenvalue weighted by Crippen LogP contribution is 2.52. The molecule has 2 heterocycles. The number of halogens is 1. The number of methoxy groups -OCH3 is 2. The van der Waals surface area contributed by atoms with Crippen molar-refractivity contribution < 1.29 is 19.0 Å². The second-order valence-electron chi connectivity index (χ2n) is 6.14. The van der Waals surface area contributed by atoms with Crippen LogP contribution in [0, 0.1) is 0 Å². The zero-order valence-electron chi connectivity index (χ0n) is 13.2. The van der Waals surface area contributed by atoms with Gasteiger partial charge in [-0.3, -0.25) is 4.90 Å². The molecule has 1 atom stereocenters. The number of nitrogens with zero attached hydrogens (tertiary/aromatic N) is 1. The van der Waals surface area contributed by atoms with Gasteiger partial charge in [-0.15, -0.1) is 0 Å². The minimum Gasteiger partial charge on any atom is -0.493 e. The Balaban J connectivity index is 2.27. The Morgan fingerprint density at radius 1 is 1.27 bits per heavy atom. The van der Waals surface area contributed by atoms with Crippen LogP contribution >= 0.6 is 15.9 Å². The van der Waals surface area contributed by atoms with E-state index in [2.05, 4.69) is 15.9 Å². The van der Waals surface area contributed by atoms with Crippen molar-refractivity contribution in [3.8, 4) is 11.5 Å². The van der Waals surface area contributed by atoms with Crippen LogP contribution in [0.2, 0.25) is 0 Å². The molecule has 0 N–H and O–H groups in total.